The van der Waals surface area contributed by atoms with Crippen molar-refractivity contribution in [1.82, 2.24) is 18.8 Å². The molecule has 0 aromatic carbocycles. The summed E-state index contributed by atoms with van der Waals surface area (Å²) >= 11 is 0. The van der Waals surface area contributed by atoms with Crippen LogP contribution < -0.4 is 0 Å². The molecule has 3 aliphatic rings. The molecule has 6 nitrogen and oxygen atoms in total. The van der Waals surface area contributed by atoms with E-state index < -0.39 is 10.0 Å². The van der Waals surface area contributed by atoms with Gasteiger partial charge in [0.2, 0.25) is 0 Å². The summed E-state index contributed by atoms with van der Waals surface area (Å²) in [7, 11) is -1.64. The zero-order chi connectivity index (χ0) is 14.6. The molecule has 4 rings (SSSR count). The standard InChI is InChI=1S/C14H22N4O2S/c1-16-9-14(15-10-16)21(19,20)18-7-5-12-13(18)4-6-17(12)8-11-2-3-11/h9-13H,2-8H2,1H3/t12-,13+/m1/s1. The van der Waals surface area contributed by atoms with Gasteiger partial charge in [0.1, 0.15) is 0 Å². The summed E-state index contributed by atoms with van der Waals surface area (Å²) in [4.78, 5) is 6.57. The van der Waals surface area contributed by atoms with Crippen molar-refractivity contribution >= 4 is 10.0 Å². The fourth-order valence-corrected chi connectivity index (χ4v) is 5.50. The molecule has 0 N–H and O–H groups in total. The van der Waals surface area contributed by atoms with Gasteiger partial charge in [0.15, 0.2) is 5.03 Å². The van der Waals surface area contributed by atoms with E-state index in [0.29, 0.717) is 12.6 Å². The van der Waals surface area contributed by atoms with Gasteiger partial charge in [-0.05, 0) is 31.6 Å². The zero-order valence-electron chi connectivity index (χ0n) is 12.4. The predicted octanol–water partition coefficient (Wildman–Crippen LogP) is 0.667. The molecule has 116 valence electrons. The topological polar surface area (TPSA) is 58.4 Å². The Hall–Kier alpha value is -0.920. The molecular weight excluding hydrogens is 288 g/mol. The van der Waals surface area contributed by atoms with Crippen molar-refractivity contribution in [2.75, 3.05) is 19.6 Å². The van der Waals surface area contributed by atoms with Gasteiger partial charge in [0, 0.05) is 45.0 Å². The lowest BCUT2D eigenvalue weighted by Gasteiger charge is -2.24. The second-order valence-corrected chi connectivity index (χ2v) is 8.48. The Morgan fingerprint density at radius 2 is 1.95 bits per heavy atom. The van der Waals surface area contributed by atoms with Crippen molar-refractivity contribution in [3.8, 4) is 0 Å². The molecule has 0 unspecified atom stereocenters. The maximum atomic E-state index is 12.8. The van der Waals surface area contributed by atoms with Crippen molar-refractivity contribution in [1.29, 1.82) is 0 Å². The van der Waals surface area contributed by atoms with Crippen LogP contribution in [0.3, 0.4) is 0 Å². The minimum atomic E-state index is -3.43. The maximum Gasteiger partial charge on any atom is 0.262 e. The fourth-order valence-electron chi connectivity index (χ4n) is 3.84. The Morgan fingerprint density at radius 3 is 2.62 bits per heavy atom. The van der Waals surface area contributed by atoms with E-state index >= 15 is 0 Å². The van der Waals surface area contributed by atoms with E-state index in [9.17, 15) is 8.42 Å². The lowest BCUT2D eigenvalue weighted by atomic mass is 10.1. The first-order valence-electron chi connectivity index (χ1n) is 7.79. The van der Waals surface area contributed by atoms with Gasteiger partial charge < -0.3 is 4.57 Å². The van der Waals surface area contributed by atoms with E-state index in [1.165, 1.54) is 19.4 Å². The first-order valence-corrected chi connectivity index (χ1v) is 9.23. The van der Waals surface area contributed by atoms with E-state index in [1.807, 2.05) is 0 Å². The summed E-state index contributed by atoms with van der Waals surface area (Å²) in [6.45, 7) is 2.84. The fraction of sp³-hybridized carbons (Fsp3) is 0.786. The number of sulfonamides is 1. The molecule has 1 aromatic heterocycles. The minimum absolute atomic E-state index is 0.149. The summed E-state index contributed by atoms with van der Waals surface area (Å²) < 4.78 is 28.9. The van der Waals surface area contributed by atoms with Gasteiger partial charge in [-0.2, -0.15) is 4.31 Å². The molecule has 2 saturated heterocycles. The molecule has 2 aliphatic heterocycles. The van der Waals surface area contributed by atoms with Crippen molar-refractivity contribution < 1.29 is 8.42 Å². The molecule has 1 aliphatic carbocycles. The van der Waals surface area contributed by atoms with Crippen LogP contribution in [0.5, 0.6) is 0 Å². The van der Waals surface area contributed by atoms with Crippen LogP contribution in [0.25, 0.3) is 0 Å². The Labute approximate surface area is 125 Å². The van der Waals surface area contributed by atoms with Crippen molar-refractivity contribution in [3.63, 3.8) is 0 Å². The Morgan fingerprint density at radius 1 is 1.19 bits per heavy atom. The predicted molar refractivity (Wildman–Crippen MR) is 78.2 cm³/mol. The van der Waals surface area contributed by atoms with Crippen molar-refractivity contribution in [3.05, 3.63) is 12.5 Å². The second kappa shape index (κ2) is 4.79. The van der Waals surface area contributed by atoms with E-state index in [4.69, 9.17) is 0 Å². The number of aryl methyl sites for hydroxylation is 1. The number of likely N-dealkylation sites (tertiary alicyclic amines) is 1. The van der Waals surface area contributed by atoms with Gasteiger partial charge in [0.05, 0.1) is 6.33 Å². The molecule has 1 saturated carbocycles. The van der Waals surface area contributed by atoms with Gasteiger partial charge in [-0.25, -0.2) is 13.4 Å². The molecule has 0 amide bonds. The van der Waals surface area contributed by atoms with E-state index in [-0.39, 0.29) is 11.1 Å². The third-order valence-electron chi connectivity index (χ3n) is 5.08. The molecule has 3 heterocycles. The monoisotopic (exact) mass is 310 g/mol. The number of nitrogens with zero attached hydrogens (tertiary/aromatic N) is 4. The highest BCUT2D eigenvalue weighted by atomic mass is 32.2. The van der Waals surface area contributed by atoms with Crippen LogP contribution in [0, 0.1) is 5.92 Å². The van der Waals surface area contributed by atoms with Gasteiger partial charge in [0.25, 0.3) is 10.0 Å². The third-order valence-corrected chi connectivity index (χ3v) is 6.89. The van der Waals surface area contributed by atoms with Crippen LogP contribution in [0.15, 0.2) is 17.6 Å². The van der Waals surface area contributed by atoms with Crippen molar-refractivity contribution in [2.45, 2.75) is 42.8 Å². The average molecular weight is 310 g/mol. The molecule has 0 bridgehead atoms. The molecular formula is C14H22N4O2S. The first kappa shape index (κ1) is 13.7. The van der Waals surface area contributed by atoms with Crippen LogP contribution in [-0.2, 0) is 17.1 Å². The molecule has 7 heteroatoms. The highest BCUT2D eigenvalue weighted by molar-refractivity contribution is 7.89. The largest absolute Gasteiger partial charge is 0.339 e. The summed E-state index contributed by atoms with van der Waals surface area (Å²) in [5.74, 6) is 0.866. The van der Waals surface area contributed by atoms with Gasteiger partial charge in [-0.15, -0.1) is 0 Å². The van der Waals surface area contributed by atoms with Crippen molar-refractivity contribution in [2.24, 2.45) is 13.0 Å². The van der Waals surface area contributed by atoms with Crippen LogP contribution in [0.2, 0.25) is 0 Å². The molecule has 2 atom stereocenters. The van der Waals surface area contributed by atoms with Crippen LogP contribution in [0.1, 0.15) is 25.7 Å². The van der Waals surface area contributed by atoms with Crippen LogP contribution >= 0.6 is 0 Å². The van der Waals surface area contributed by atoms with E-state index in [2.05, 4.69) is 9.88 Å². The van der Waals surface area contributed by atoms with Gasteiger partial charge in [-0.3, -0.25) is 4.90 Å². The van der Waals surface area contributed by atoms with Crippen LogP contribution in [-0.4, -0.2) is 58.9 Å². The highest BCUT2D eigenvalue weighted by Gasteiger charge is 2.48. The number of fused-ring (bicyclic) bond motifs is 1. The Kier molecular flexibility index (Phi) is 3.13. The molecule has 21 heavy (non-hydrogen) atoms. The summed E-state index contributed by atoms with van der Waals surface area (Å²) in [6.07, 6.45) is 7.77. The normalized spacial score (nSPS) is 30.9. The van der Waals surface area contributed by atoms with E-state index in [1.54, 1.807) is 28.4 Å². The molecule has 3 fully saturated rings. The number of aromatic nitrogens is 2. The number of imidazole rings is 1. The molecule has 0 radical (unpaired) electrons. The second-order valence-electron chi connectivity index (χ2n) is 6.64. The summed E-state index contributed by atoms with van der Waals surface area (Å²) in [5, 5.41) is 0.186. The lowest BCUT2D eigenvalue weighted by molar-refractivity contribution is 0.239. The Bertz CT molecular complexity index is 637. The number of hydrogen-bond donors (Lipinski definition) is 0. The summed E-state index contributed by atoms with van der Waals surface area (Å²) in [6, 6.07) is 0.569. The maximum absolute atomic E-state index is 12.8. The first-order chi connectivity index (χ1) is 10.1. The van der Waals surface area contributed by atoms with Crippen LogP contribution in [0.4, 0.5) is 0 Å². The zero-order valence-corrected chi connectivity index (χ0v) is 13.2. The highest BCUT2D eigenvalue weighted by Crippen LogP contribution is 2.38. The van der Waals surface area contributed by atoms with E-state index in [0.717, 1.165) is 25.3 Å². The number of rotatable bonds is 4. The third kappa shape index (κ3) is 2.31. The number of hydrogen-bond acceptors (Lipinski definition) is 4. The quantitative estimate of drug-likeness (QED) is 0.820. The minimum Gasteiger partial charge on any atom is -0.339 e. The smallest absolute Gasteiger partial charge is 0.262 e. The Balaban J connectivity index is 1.54. The van der Waals surface area contributed by atoms with Gasteiger partial charge in [-0.1, -0.05) is 0 Å². The SMILES string of the molecule is Cn1cnc(S(=O)(=O)N2CC[C@@H]3[C@@H]2CCN3CC2CC2)c1. The molecule has 0 spiro atoms. The lowest BCUT2D eigenvalue weighted by Crippen LogP contribution is -2.40. The average Bonchev–Trinajstić information content (AvgIpc) is 2.86. The summed E-state index contributed by atoms with van der Waals surface area (Å²) in [5.41, 5.74) is 0. The molecule has 1 aromatic rings. The van der Waals surface area contributed by atoms with Gasteiger partial charge >= 0.3 is 0 Å².